The Bertz CT molecular complexity index is 1180. The SMILES string of the molecule is CC(C)C[C@H]1C(=O)N[C@@H](c2ccccc2)CN1C(=O)c1noc(-c2ccc(F)cc2F)c1F. The van der Waals surface area contributed by atoms with E-state index in [1.165, 1.54) is 4.90 Å². The van der Waals surface area contributed by atoms with Crippen molar-refractivity contribution in [2.24, 2.45) is 5.92 Å². The third kappa shape index (κ3) is 4.48. The number of piperazine rings is 1. The van der Waals surface area contributed by atoms with Crippen LogP contribution in [0.2, 0.25) is 0 Å². The average Bonchev–Trinajstić information content (AvgIpc) is 3.16. The van der Waals surface area contributed by atoms with Gasteiger partial charge in [-0.25, -0.2) is 8.78 Å². The zero-order valence-corrected chi connectivity index (χ0v) is 18.0. The van der Waals surface area contributed by atoms with Crippen LogP contribution >= 0.6 is 0 Å². The zero-order chi connectivity index (χ0) is 23.7. The van der Waals surface area contributed by atoms with Gasteiger partial charge < -0.3 is 14.7 Å². The highest BCUT2D eigenvalue weighted by atomic mass is 19.1. The first-order valence-corrected chi connectivity index (χ1v) is 10.5. The van der Waals surface area contributed by atoms with E-state index in [0.29, 0.717) is 12.5 Å². The molecule has 2 amide bonds. The van der Waals surface area contributed by atoms with Gasteiger partial charge in [-0.1, -0.05) is 49.3 Å². The highest BCUT2D eigenvalue weighted by Crippen LogP contribution is 2.31. The minimum Gasteiger partial charge on any atom is -0.352 e. The molecule has 6 nitrogen and oxygen atoms in total. The summed E-state index contributed by atoms with van der Waals surface area (Å²) in [6.07, 6.45) is 0.359. The predicted molar refractivity (Wildman–Crippen MR) is 113 cm³/mol. The Morgan fingerprint density at radius 1 is 1.18 bits per heavy atom. The first kappa shape index (κ1) is 22.6. The number of nitrogens with one attached hydrogen (secondary N) is 1. The Morgan fingerprint density at radius 3 is 2.58 bits per heavy atom. The van der Waals surface area contributed by atoms with Gasteiger partial charge in [-0.05, 0) is 30.0 Å². The second kappa shape index (κ2) is 9.09. The molecule has 0 bridgehead atoms. The molecule has 0 aliphatic carbocycles. The summed E-state index contributed by atoms with van der Waals surface area (Å²) in [5, 5.41) is 6.46. The first-order chi connectivity index (χ1) is 15.8. The molecular weight excluding hydrogens is 435 g/mol. The van der Waals surface area contributed by atoms with E-state index in [4.69, 9.17) is 4.52 Å². The van der Waals surface area contributed by atoms with Crippen molar-refractivity contribution in [2.75, 3.05) is 6.54 Å². The molecule has 9 heteroatoms. The van der Waals surface area contributed by atoms with E-state index in [9.17, 15) is 18.4 Å². The lowest BCUT2D eigenvalue weighted by Crippen LogP contribution is -2.58. The summed E-state index contributed by atoms with van der Waals surface area (Å²) in [5.74, 6) is -4.79. The van der Waals surface area contributed by atoms with E-state index in [1.54, 1.807) is 0 Å². The Labute approximate surface area is 188 Å². The van der Waals surface area contributed by atoms with E-state index in [1.807, 2.05) is 44.2 Å². The third-order valence-electron chi connectivity index (χ3n) is 5.55. The molecule has 0 spiro atoms. The van der Waals surface area contributed by atoms with Gasteiger partial charge in [0.2, 0.25) is 23.2 Å². The topological polar surface area (TPSA) is 75.4 Å². The van der Waals surface area contributed by atoms with Gasteiger partial charge in [0, 0.05) is 12.6 Å². The van der Waals surface area contributed by atoms with Crippen molar-refractivity contribution in [1.82, 2.24) is 15.4 Å². The van der Waals surface area contributed by atoms with Crippen LogP contribution in [-0.2, 0) is 4.79 Å². The number of aromatic nitrogens is 1. The number of nitrogens with zero attached hydrogens (tertiary/aromatic N) is 2. The molecule has 1 N–H and O–H groups in total. The molecule has 1 aliphatic heterocycles. The number of hydrogen-bond donors (Lipinski definition) is 1. The fraction of sp³-hybridized carbons (Fsp3) is 0.292. The number of hydrogen-bond acceptors (Lipinski definition) is 4. The van der Waals surface area contributed by atoms with Crippen LogP contribution in [0.3, 0.4) is 0 Å². The van der Waals surface area contributed by atoms with Crippen LogP contribution in [0.5, 0.6) is 0 Å². The van der Waals surface area contributed by atoms with Gasteiger partial charge in [0.25, 0.3) is 5.91 Å². The van der Waals surface area contributed by atoms with Gasteiger partial charge >= 0.3 is 0 Å². The van der Waals surface area contributed by atoms with Crippen molar-refractivity contribution in [3.05, 3.63) is 77.2 Å². The molecule has 2 aromatic carbocycles. The molecule has 1 saturated heterocycles. The molecule has 0 unspecified atom stereocenters. The molecule has 0 radical (unpaired) electrons. The Morgan fingerprint density at radius 2 is 1.91 bits per heavy atom. The quantitative estimate of drug-likeness (QED) is 0.613. The molecule has 4 rings (SSSR count). The van der Waals surface area contributed by atoms with Gasteiger partial charge in [-0.2, -0.15) is 4.39 Å². The maximum Gasteiger partial charge on any atom is 0.279 e. The Balaban J connectivity index is 1.69. The summed E-state index contributed by atoms with van der Waals surface area (Å²) < 4.78 is 47.4. The smallest absolute Gasteiger partial charge is 0.279 e. The van der Waals surface area contributed by atoms with E-state index in [2.05, 4.69) is 10.5 Å². The molecule has 2 atom stereocenters. The second-order valence-corrected chi connectivity index (χ2v) is 8.37. The Hall–Kier alpha value is -3.62. The summed E-state index contributed by atoms with van der Waals surface area (Å²) in [7, 11) is 0. The van der Waals surface area contributed by atoms with Crippen LogP contribution in [0.15, 0.2) is 53.1 Å². The molecular formula is C24H22F3N3O3. The number of benzene rings is 2. The number of rotatable bonds is 5. The average molecular weight is 457 g/mol. The van der Waals surface area contributed by atoms with E-state index in [0.717, 1.165) is 17.7 Å². The lowest BCUT2D eigenvalue weighted by molar-refractivity contribution is -0.130. The van der Waals surface area contributed by atoms with Crippen LogP contribution in [0, 0.1) is 23.4 Å². The minimum atomic E-state index is -1.17. The highest BCUT2D eigenvalue weighted by molar-refractivity contribution is 5.98. The van der Waals surface area contributed by atoms with Crippen molar-refractivity contribution in [1.29, 1.82) is 0 Å². The van der Waals surface area contributed by atoms with Crippen LogP contribution < -0.4 is 5.32 Å². The van der Waals surface area contributed by atoms with Gasteiger partial charge in [-0.3, -0.25) is 9.59 Å². The number of halogens is 3. The fourth-order valence-corrected chi connectivity index (χ4v) is 3.95. The van der Waals surface area contributed by atoms with E-state index >= 15 is 4.39 Å². The minimum absolute atomic E-state index is 0.0790. The van der Waals surface area contributed by atoms with Crippen LogP contribution in [0.1, 0.15) is 42.4 Å². The predicted octanol–water partition coefficient (Wildman–Crippen LogP) is 4.49. The van der Waals surface area contributed by atoms with Crippen molar-refractivity contribution in [3.8, 4) is 11.3 Å². The van der Waals surface area contributed by atoms with Crippen molar-refractivity contribution in [3.63, 3.8) is 0 Å². The molecule has 1 aliphatic rings. The maximum atomic E-state index is 15.1. The monoisotopic (exact) mass is 457 g/mol. The number of carbonyl (C=O) groups is 2. The molecule has 3 aromatic rings. The van der Waals surface area contributed by atoms with Gasteiger partial charge in [0.1, 0.15) is 17.7 Å². The van der Waals surface area contributed by atoms with Crippen LogP contribution in [-0.4, -0.2) is 34.5 Å². The van der Waals surface area contributed by atoms with Crippen molar-refractivity contribution in [2.45, 2.75) is 32.4 Å². The third-order valence-corrected chi connectivity index (χ3v) is 5.55. The van der Waals surface area contributed by atoms with Crippen LogP contribution in [0.25, 0.3) is 11.3 Å². The van der Waals surface area contributed by atoms with Crippen molar-refractivity contribution < 1.29 is 27.3 Å². The maximum absolute atomic E-state index is 15.1. The summed E-state index contributed by atoms with van der Waals surface area (Å²) in [6, 6.07) is 10.3. The van der Waals surface area contributed by atoms with Gasteiger partial charge in [0.05, 0.1) is 11.6 Å². The van der Waals surface area contributed by atoms with Gasteiger partial charge in [-0.15, -0.1) is 0 Å². The zero-order valence-electron chi connectivity index (χ0n) is 18.0. The first-order valence-electron chi connectivity index (χ1n) is 10.5. The lowest BCUT2D eigenvalue weighted by atomic mass is 9.95. The summed E-state index contributed by atoms with van der Waals surface area (Å²) >= 11 is 0. The molecule has 2 heterocycles. The van der Waals surface area contributed by atoms with Crippen molar-refractivity contribution >= 4 is 11.8 Å². The molecule has 33 heavy (non-hydrogen) atoms. The summed E-state index contributed by atoms with van der Waals surface area (Å²) in [5.41, 5.74) is -0.233. The number of carbonyl (C=O) groups excluding carboxylic acids is 2. The lowest BCUT2D eigenvalue weighted by Gasteiger charge is -2.40. The molecule has 1 aromatic heterocycles. The van der Waals surface area contributed by atoms with Gasteiger partial charge in [0.15, 0.2) is 0 Å². The largest absolute Gasteiger partial charge is 0.352 e. The fourth-order valence-electron chi connectivity index (χ4n) is 3.95. The normalized spacial score (nSPS) is 18.5. The second-order valence-electron chi connectivity index (χ2n) is 8.37. The molecule has 0 saturated carbocycles. The molecule has 172 valence electrons. The number of amides is 2. The highest BCUT2D eigenvalue weighted by Gasteiger charge is 2.40. The summed E-state index contributed by atoms with van der Waals surface area (Å²) in [4.78, 5) is 27.5. The standard InChI is InChI=1S/C24H22F3N3O3/c1-13(2)10-19-23(31)28-18(14-6-4-3-5-7-14)12-30(19)24(32)21-20(27)22(33-29-21)16-9-8-15(25)11-17(16)26/h3-9,11,13,18-19H,10,12H2,1-2H3,(H,28,31)/t18-,19+/m1/s1. The van der Waals surface area contributed by atoms with E-state index < -0.39 is 46.9 Å². The Kier molecular flexibility index (Phi) is 6.22. The molecule has 1 fully saturated rings. The van der Waals surface area contributed by atoms with E-state index in [-0.39, 0.29) is 23.9 Å². The summed E-state index contributed by atoms with van der Waals surface area (Å²) in [6.45, 7) is 3.91. The van der Waals surface area contributed by atoms with Crippen LogP contribution in [0.4, 0.5) is 13.2 Å².